The van der Waals surface area contributed by atoms with E-state index in [0.717, 1.165) is 23.9 Å². The van der Waals surface area contributed by atoms with Crippen molar-refractivity contribution in [1.82, 2.24) is 4.90 Å². The molecule has 1 aliphatic heterocycles. The molecular formula is C14H21ClN2S. The topological polar surface area (TPSA) is 29.3 Å². The lowest BCUT2D eigenvalue weighted by molar-refractivity contribution is 0.127. The normalized spacial score (nSPS) is 24.4. The van der Waals surface area contributed by atoms with Gasteiger partial charge in [-0.15, -0.1) is 0 Å². The van der Waals surface area contributed by atoms with E-state index in [0.29, 0.717) is 0 Å². The predicted molar refractivity (Wildman–Crippen MR) is 81.3 cm³/mol. The summed E-state index contributed by atoms with van der Waals surface area (Å²) in [6.45, 7) is 1.65. The molecular weight excluding hydrogens is 264 g/mol. The summed E-state index contributed by atoms with van der Waals surface area (Å²) >= 11 is 8.06. The largest absolute Gasteiger partial charge is 0.329 e. The Kier molecular flexibility index (Phi) is 4.96. The molecule has 4 heteroatoms. The van der Waals surface area contributed by atoms with Gasteiger partial charge in [-0.25, -0.2) is 0 Å². The SMILES string of the molecule is CN(Cc1cccc(Cl)c1)C1(CN)CCCSC1. The first kappa shape index (κ1) is 14.2. The van der Waals surface area contributed by atoms with Crippen LogP contribution in [0, 0.1) is 0 Å². The number of nitrogens with two attached hydrogens (primary N) is 1. The average molecular weight is 285 g/mol. The Balaban J connectivity index is 2.07. The number of hydrogen-bond donors (Lipinski definition) is 1. The summed E-state index contributed by atoms with van der Waals surface area (Å²) in [5.41, 5.74) is 7.46. The van der Waals surface area contributed by atoms with Gasteiger partial charge in [0.1, 0.15) is 0 Å². The van der Waals surface area contributed by atoms with Crippen LogP contribution < -0.4 is 5.73 Å². The second-order valence-electron chi connectivity index (χ2n) is 5.07. The molecule has 1 saturated heterocycles. The Hall–Kier alpha value is -0.220. The van der Waals surface area contributed by atoms with Gasteiger partial charge in [-0.3, -0.25) is 4.90 Å². The van der Waals surface area contributed by atoms with Crippen LogP contribution in [0.4, 0.5) is 0 Å². The summed E-state index contributed by atoms with van der Waals surface area (Å²) in [7, 11) is 2.18. The quantitative estimate of drug-likeness (QED) is 0.922. The van der Waals surface area contributed by atoms with Crippen molar-refractivity contribution in [2.45, 2.75) is 24.9 Å². The molecule has 0 spiro atoms. The van der Waals surface area contributed by atoms with E-state index in [4.69, 9.17) is 17.3 Å². The number of rotatable bonds is 4. The fraction of sp³-hybridized carbons (Fsp3) is 0.571. The van der Waals surface area contributed by atoms with Crippen molar-refractivity contribution in [2.24, 2.45) is 5.73 Å². The number of hydrogen-bond acceptors (Lipinski definition) is 3. The van der Waals surface area contributed by atoms with Crippen LogP contribution in [-0.4, -0.2) is 35.5 Å². The Morgan fingerprint density at radius 3 is 2.94 bits per heavy atom. The molecule has 1 heterocycles. The summed E-state index contributed by atoms with van der Waals surface area (Å²) in [4.78, 5) is 2.41. The van der Waals surface area contributed by atoms with Gasteiger partial charge >= 0.3 is 0 Å². The van der Waals surface area contributed by atoms with E-state index in [-0.39, 0.29) is 5.54 Å². The maximum Gasteiger partial charge on any atom is 0.0422 e. The number of thioether (sulfide) groups is 1. The van der Waals surface area contributed by atoms with Gasteiger partial charge in [-0.2, -0.15) is 11.8 Å². The van der Waals surface area contributed by atoms with Crippen molar-refractivity contribution in [1.29, 1.82) is 0 Å². The van der Waals surface area contributed by atoms with Crippen molar-refractivity contribution in [3.63, 3.8) is 0 Å². The maximum absolute atomic E-state index is 6.04. The number of halogens is 1. The number of benzene rings is 1. The Bertz CT molecular complexity index is 391. The van der Waals surface area contributed by atoms with Gasteiger partial charge in [0, 0.05) is 29.4 Å². The molecule has 1 atom stereocenters. The monoisotopic (exact) mass is 284 g/mol. The molecule has 18 heavy (non-hydrogen) atoms. The highest BCUT2D eigenvalue weighted by molar-refractivity contribution is 7.99. The molecule has 2 nitrogen and oxygen atoms in total. The zero-order valence-electron chi connectivity index (χ0n) is 10.9. The van der Waals surface area contributed by atoms with Crippen LogP contribution in [0.25, 0.3) is 0 Å². The van der Waals surface area contributed by atoms with E-state index in [1.54, 1.807) is 0 Å². The molecule has 0 aliphatic carbocycles. The van der Waals surface area contributed by atoms with E-state index in [1.165, 1.54) is 24.2 Å². The number of likely N-dealkylation sites (N-methyl/N-ethyl adjacent to an activating group) is 1. The zero-order chi connectivity index (χ0) is 13.0. The molecule has 1 aromatic carbocycles. The lowest BCUT2D eigenvalue weighted by atomic mass is 9.93. The zero-order valence-corrected chi connectivity index (χ0v) is 12.4. The molecule has 0 amide bonds. The molecule has 2 N–H and O–H groups in total. The van der Waals surface area contributed by atoms with Crippen molar-refractivity contribution >= 4 is 23.4 Å². The maximum atomic E-state index is 6.04. The van der Waals surface area contributed by atoms with Gasteiger partial charge in [0.25, 0.3) is 0 Å². The lowest BCUT2D eigenvalue weighted by Crippen LogP contribution is -2.55. The third-order valence-corrected chi connectivity index (χ3v) is 5.35. The minimum Gasteiger partial charge on any atom is -0.329 e. The van der Waals surface area contributed by atoms with Crippen LogP contribution >= 0.6 is 23.4 Å². The average Bonchev–Trinajstić information content (AvgIpc) is 2.39. The van der Waals surface area contributed by atoms with Gasteiger partial charge < -0.3 is 5.73 Å². The minimum atomic E-state index is 0.158. The van der Waals surface area contributed by atoms with Gasteiger partial charge in [0.05, 0.1) is 0 Å². The first-order valence-electron chi connectivity index (χ1n) is 6.40. The highest BCUT2D eigenvalue weighted by atomic mass is 35.5. The van der Waals surface area contributed by atoms with Crippen LogP contribution in [0.15, 0.2) is 24.3 Å². The molecule has 0 bridgehead atoms. The predicted octanol–water partition coefficient (Wildman–Crippen LogP) is 3.00. The number of nitrogens with zero attached hydrogens (tertiary/aromatic N) is 1. The fourth-order valence-corrected chi connectivity index (χ4v) is 4.10. The first-order valence-corrected chi connectivity index (χ1v) is 7.93. The Morgan fingerprint density at radius 1 is 1.50 bits per heavy atom. The van der Waals surface area contributed by atoms with Crippen molar-refractivity contribution < 1.29 is 0 Å². The summed E-state index contributed by atoms with van der Waals surface area (Å²) in [5.74, 6) is 2.41. The lowest BCUT2D eigenvalue weighted by Gasteiger charge is -2.43. The van der Waals surface area contributed by atoms with Gasteiger partial charge in [0.15, 0.2) is 0 Å². The molecule has 1 fully saturated rings. The van der Waals surface area contributed by atoms with Gasteiger partial charge in [-0.1, -0.05) is 23.7 Å². The van der Waals surface area contributed by atoms with E-state index in [9.17, 15) is 0 Å². The summed E-state index contributed by atoms with van der Waals surface area (Å²) in [5, 5.41) is 0.806. The smallest absolute Gasteiger partial charge is 0.0422 e. The minimum absolute atomic E-state index is 0.158. The molecule has 0 saturated carbocycles. The fourth-order valence-electron chi connectivity index (χ4n) is 2.53. The second-order valence-corrected chi connectivity index (χ2v) is 6.61. The van der Waals surface area contributed by atoms with Crippen LogP contribution in [0.1, 0.15) is 18.4 Å². The second kappa shape index (κ2) is 6.29. The van der Waals surface area contributed by atoms with E-state index in [1.807, 2.05) is 30.0 Å². The highest BCUT2D eigenvalue weighted by Crippen LogP contribution is 2.31. The molecule has 1 aromatic rings. The van der Waals surface area contributed by atoms with E-state index >= 15 is 0 Å². The third-order valence-electron chi connectivity index (χ3n) is 3.80. The first-order chi connectivity index (χ1) is 8.66. The van der Waals surface area contributed by atoms with Crippen LogP contribution in [-0.2, 0) is 6.54 Å². The Labute approximate surface area is 119 Å². The van der Waals surface area contributed by atoms with Crippen LogP contribution in [0.5, 0.6) is 0 Å². The molecule has 0 radical (unpaired) electrons. The molecule has 1 aliphatic rings. The standard InChI is InChI=1S/C14H21ClN2S/c1-17(9-12-4-2-5-13(15)8-12)14(10-16)6-3-7-18-11-14/h2,4-5,8H,3,6-7,9-11,16H2,1H3. The van der Waals surface area contributed by atoms with Crippen LogP contribution in [0.3, 0.4) is 0 Å². The van der Waals surface area contributed by atoms with E-state index < -0.39 is 0 Å². The summed E-state index contributed by atoms with van der Waals surface area (Å²) in [6, 6.07) is 8.09. The third kappa shape index (κ3) is 3.21. The van der Waals surface area contributed by atoms with E-state index in [2.05, 4.69) is 18.0 Å². The van der Waals surface area contributed by atoms with Crippen LogP contribution in [0.2, 0.25) is 5.02 Å². The summed E-state index contributed by atoms with van der Waals surface area (Å²) in [6.07, 6.45) is 2.47. The Morgan fingerprint density at radius 2 is 2.33 bits per heavy atom. The summed E-state index contributed by atoms with van der Waals surface area (Å²) < 4.78 is 0. The van der Waals surface area contributed by atoms with Crippen molar-refractivity contribution in [3.8, 4) is 0 Å². The van der Waals surface area contributed by atoms with Gasteiger partial charge in [0.2, 0.25) is 0 Å². The van der Waals surface area contributed by atoms with Crippen molar-refractivity contribution in [3.05, 3.63) is 34.9 Å². The highest BCUT2D eigenvalue weighted by Gasteiger charge is 2.34. The van der Waals surface area contributed by atoms with Crippen molar-refractivity contribution in [2.75, 3.05) is 25.1 Å². The molecule has 1 unspecified atom stereocenters. The molecule has 0 aromatic heterocycles. The van der Waals surface area contributed by atoms with Gasteiger partial charge in [-0.05, 0) is 43.3 Å². The molecule has 100 valence electrons. The molecule has 2 rings (SSSR count).